The lowest BCUT2D eigenvalue weighted by Gasteiger charge is -2.36. The number of halogens is 1. The van der Waals surface area contributed by atoms with Crippen molar-refractivity contribution in [3.8, 4) is 0 Å². The normalized spacial score (nSPS) is 15.1. The number of rotatable bonds is 4. The molecule has 144 valence electrons. The van der Waals surface area contributed by atoms with Crippen LogP contribution < -0.4 is 10.3 Å². The molecule has 0 unspecified atom stereocenters. The van der Waals surface area contributed by atoms with E-state index < -0.39 is 0 Å². The van der Waals surface area contributed by atoms with Gasteiger partial charge in [0, 0.05) is 59.6 Å². The van der Waals surface area contributed by atoms with Crippen molar-refractivity contribution in [2.24, 2.45) is 0 Å². The van der Waals surface area contributed by atoms with E-state index in [0.29, 0.717) is 0 Å². The van der Waals surface area contributed by atoms with Crippen LogP contribution in [-0.4, -0.2) is 41.4 Å². The molecule has 1 saturated heterocycles. The van der Waals surface area contributed by atoms with E-state index in [-0.39, 0.29) is 11.2 Å². The van der Waals surface area contributed by atoms with Crippen LogP contribution in [0, 0.1) is 0 Å². The molecule has 1 aromatic heterocycles. The van der Waals surface area contributed by atoms with Gasteiger partial charge in [0.2, 0.25) is 0 Å². The van der Waals surface area contributed by atoms with E-state index in [2.05, 4.69) is 30.3 Å². The Morgan fingerprint density at radius 2 is 1.71 bits per heavy atom. The van der Waals surface area contributed by atoms with Gasteiger partial charge < -0.3 is 9.47 Å². The number of aromatic nitrogens is 1. The first kappa shape index (κ1) is 18.9. The first-order valence-corrected chi connectivity index (χ1v) is 10.2. The zero-order valence-corrected chi connectivity index (χ0v) is 17.4. The van der Waals surface area contributed by atoms with E-state index in [1.165, 1.54) is 0 Å². The molecule has 0 aliphatic carbocycles. The van der Waals surface area contributed by atoms with Crippen LogP contribution in [0.15, 0.2) is 64.0 Å². The van der Waals surface area contributed by atoms with E-state index in [0.717, 1.165) is 59.5 Å². The molecule has 6 heteroatoms. The van der Waals surface area contributed by atoms with Crippen molar-refractivity contribution in [2.45, 2.75) is 13.6 Å². The maximum Gasteiger partial charge on any atom is 0.189 e. The Hall–Kier alpha value is -2.44. The van der Waals surface area contributed by atoms with Crippen LogP contribution in [0.4, 0.5) is 5.69 Å². The summed E-state index contributed by atoms with van der Waals surface area (Å²) < 4.78 is 3.07. The number of pyridine rings is 1. The third-order valence-corrected chi connectivity index (χ3v) is 5.95. The van der Waals surface area contributed by atoms with Gasteiger partial charge in [-0.1, -0.05) is 6.07 Å². The molecule has 1 fully saturated rings. The van der Waals surface area contributed by atoms with E-state index in [1.807, 2.05) is 48.7 Å². The molecule has 0 spiro atoms. The second kappa shape index (κ2) is 7.89. The number of fused-ring (bicyclic) bond motifs is 1. The number of carbonyl (C=O) groups is 1. The van der Waals surface area contributed by atoms with Crippen molar-refractivity contribution >= 4 is 38.3 Å². The molecule has 2 heterocycles. The number of para-hydroxylation sites is 1. The molecule has 5 nitrogen and oxygen atoms in total. The predicted molar refractivity (Wildman–Crippen MR) is 116 cm³/mol. The van der Waals surface area contributed by atoms with Gasteiger partial charge >= 0.3 is 0 Å². The fraction of sp³-hybridized carbons (Fsp3) is 0.273. The smallest absolute Gasteiger partial charge is 0.189 e. The molecule has 0 atom stereocenters. The van der Waals surface area contributed by atoms with Gasteiger partial charge in [-0.05, 0) is 59.3 Å². The average Bonchev–Trinajstić information content (AvgIpc) is 2.71. The maximum absolute atomic E-state index is 12.2. The summed E-state index contributed by atoms with van der Waals surface area (Å²) in [6.45, 7) is 6.07. The van der Waals surface area contributed by atoms with Crippen LogP contribution in [0.25, 0.3) is 10.9 Å². The summed E-state index contributed by atoms with van der Waals surface area (Å²) in [4.78, 5) is 28.3. The molecule has 1 aliphatic heterocycles. The number of nitrogens with zero attached hydrogens (tertiary/aromatic N) is 3. The minimum atomic E-state index is 0.0476. The van der Waals surface area contributed by atoms with Crippen LogP contribution in [0.2, 0.25) is 0 Å². The van der Waals surface area contributed by atoms with Crippen molar-refractivity contribution in [2.75, 3.05) is 31.1 Å². The van der Waals surface area contributed by atoms with Gasteiger partial charge in [0.15, 0.2) is 11.2 Å². The van der Waals surface area contributed by atoms with Crippen LogP contribution >= 0.6 is 15.9 Å². The fourth-order valence-corrected chi connectivity index (χ4v) is 4.31. The summed E-state index contributed by atoms with van der Waals surface area (Å²) >= 11 is 3.59. The molecule has 1 aliphatic rings. The van der Waals surface area contributed by atoms with Gasteiger partial charge in [-0.15, -0.1) is 0 Å². The van der Waals surface area contributed by atoms with E-state index >= 15 is 0 Å². The molecule has 28 heavy (non-hydrogen) atoms. The highest BCUT2D eigenvalue weighted by atomic mass is 79.9. The maximum atomic E-state index is 12.2. The van der Waals surface area contributed by atoms with Gasteiger partial charge in [0.25, 0.3) is 0 Å². The molecular weight excluding hydrogens is 418 g/mol. The van der Waals surface area contributed by atoms with Gasteiger partial charge in [0.05, 0.1) is 12.2 Å². The van der Waals surface area contributed by atoms with Crippen LogP contribution in [-0.2, 0) is 6.67 Å². The number of ketones is 1. The van der Waals surface area contributed by atoms with Crippen molar-refractivity contribution in [1.29, 1.82) is 0 Å². The monoisotopic (exact) mass is 439 g/mol. The van der Waals surface area contributed by atoms with E-state index in [9.17, 15) is 9.59 Å². The van der Waals surface area contributed by atoms with Crippen LogP contribution in [0.1, 0.15) is 17.3 Å². The zero-order chi connectivity index (χ0) is 19.7. The fourth-order valence-electron chi connectivity index (χ4n) is 3.72. The molecule has 0 saturated carbocycles. The Morgan fingerprint density at radius 1 is 1.00 bits per heavy atom. The number of hydrogen-bond donors (Lipinski definition) is 0. The molecule has 2 aromatic carbocycles. The lowest BCUT2D eigenvalue weighted by atomic mass is 10.1. The topological polar surface area (TPSA) is 45.6 Å². The highest BCUT2D eigenvalue weighted by molar-refractivity contribution is 9.10. The lowest BCUT2D eigenvalue weighted by molar-refractivity contribution is 0.101. The number of Topliss-reactive ketones (excluding diaryl/α,β-unsaturated/α-hetero) is 1. The van der Waals surface area contributed by atoms with Gasteiger partial charge in [-0.25, -0.2) is 0 Å². The Bertz CT molecular complexity index is 1070. The first-order chi connectivity index (χ1) is 13.5. The number of benzene rings is 2. The number of anilines is 1. The third kappa shape index (κ3) is 3.75. The zero-order valence-electron chi connectivity index (χ0n) is 15.8. The van der Waals surface area contributed by atoms with Crippen LogP contribution in [0.3, 0.4) is 0 Å². The first-order valence-electron chi connectivity index (χ1n) is 9.39. The Morgan fingerprint density at radius 3 is 2.39 bits per heavy atom. The van der Waals surface area contributed by atoms with Crippen molar-refractivity contribution in [1.82, 2.24) is 9.47 Å². The highest BCUT2D eigenvalue weighted by Crippen LogP contribution is 2.23. The molecule has 0 N–H and O–H groups in total. The number of carbonyl (C=O) groups excluding carboxylic acids is 1. The lowest BCUT2D eigenvalue weighted by Crippen LogP contribution is -2.46. The van der Waals surface area contributed by atoms with Gasteiger partial charge in [-0.3, -0.25) is 14.5 Å². The third-order valence-electron chi connectivity index (χ3n) is 5.31. The molecular formula is C22H22BrN3O2. The minimum Gasteiger partial charge on any atom is -0.369 e. The molecule has 3 aromatic rings. The van der Waals surface area contributed by atoms with E-state index in [1.54, 1.807) is 13.0 Å². The Balaban J connectivity index is 1.47. The predicted octanol–water partition coefficient (Wildman–Crippen LogP) is 3.75. The van der Waals surface area contributed by atoms with E-state index in [4.69, 9.17) is 0 Å². The van der Waals surface area contributed by atoms with Crippen molar-refractivity contribution in [3.05, 3.63) is 75.0 Å². The largest absolute Gasteiger partial charge is 0.369 e. The summed E-state index contributed by atoms with van der Waals surface area (Å²) in [6, 6.07) is 15.2. The molecule has 4 rings (SSSR count). The second-order valence-electron chi connectivity index (χ2n) is 7.14. The van der Waals surface area contributed by atoms with Gasteiger partial charge in [0.1, 0.15) is 0 Å². The Labute approximate surface area is 172 Å². The minimum absolute atomic E-state index is 0.0476. The molecule has 0 amide bonds. The summed E-state index contributed by atoms with van der Waals surface area (Å²) in [5, 5.41) is 0.737. The summed E-state index contributed by atoms with van der Waals surface area (Å²) in [6.07, 6.45) is 1.88. The van der Waals surface area contributed by atoms with Crippen molar-refractivity contribution < 1.29 is 4.79 Å². The van der Waals surface area contributed by atoms with Crippen LogP contribution in [0.5, 0.6) is 0 Å². The molecule has 0 bridgehead atoms. The quantitative estimate of drug-likeness (QED) is 0.580. The summed E-state index contributed by atoms with van der Waals surface area (Å²) in [5.74, 6) is 0.0934. The summed E-state index contributed by atoms with van der Waals surface area (Å²) in [5.41, 5.74) is 2.89. The van der Waals surface area contributed by atoms with Crippen molar-refractivity contribution in [3.63, 3.8) is 0 Å². The second-order valence-corrected chi connectivity index (χ2v) is 7.99. The molecule has 0 radical (unpaired) electrons. The standard InChI is InChI=1S/C22H22BrN3O2/c1-16(27)17-5-7-18(8-6-17)25-13-11-24(12-14-25)15-26-10-9-21(28)19-3-2-4-20(23)22(19)26/h2-10H,11-15H2,1H3. The SMILES string of the molecule is CC(=O)c1ccc(N2CCN(Cn3ccc(=O)c4cccc(Br)c43)CC2)cc1. The number of hydrogen-bond acceptors (Lipinski definition) is 4. The average molecular weight is 440 g/mol. The number of piperazine rings is 1. The van der Waals surface area contributed by atoms with Gasteiger partial charge in [-0.2, -0.15) is 0 Å². The highest BCUT2D eigenvalue weighted by Gasteiger charge is 2.18. The Kier molecular flexibility index (Phi) is 5.33. The summed E-state index contributed by atoms with van der Waals surface area (Å²) in [7, 11) is 0.